The average Bonchev–Trinajstić information content (AvgIpc) is 2.80. The number of anilines is 1. The van der Waals surface area contributed by atoms with Gasteiger partial charge in [0.2, 0.25) is 0 Å². The summed E-state index contributed by atoms with van der Waals surface area (Å²) in [7, 11) is 0. The Morgan fingerprint density at radius 2 is 2.19 bits per heavy atom. The second-order valence-corrected chi connectivity index (χ2v) is 5.10. The van der Waals surface area contributed by atoms with Crippen molar-refractivity contribution in [1.82, 2.24) is 4.98 Å². The lowest BCUT2D eigenvalue weighted by Crippen LogP contribution is -2.37. The number of halogens is 1. The van der Waals surface area contributed by atoms with E-state index in [9.17, 15) is 0 Å². The standard InChI is InChI=1S/C12H18BrN3/c13-11-9-15-7-5-12(11)16(8-6-14)10-3-1-2-4-10/h5,7,9-10H,1-4,6,8,14H2. The van der Waals surface area contributed by atoms with Gasteiger partial charge in [-0.05, 0) is 34.8 Å². The SMILES string of the molecule is NCCN(c1ccncc1Br)C1CCCC1. The van der Waals surface area contributed by atoms with Crippen LogP contribution in [0.2, 0.25) is 0 Å². The first-order valence-electron chi connectivity index (χ1n) is 5.89. The summed E-state index contributed by atoms with van der Waals surface area (Å²) in [5.74, 6) is 0. The Kier molecular flexibility index (Phi) is 4.18. The predicted molar refractivity (Wildman–Crippen MR) is 70.6 cm³/mol. The van der Waals surface area contributed by atoms with Crippen LogP contribution in [-0.4, -0.2) is 24.1 Å². The molecule has 0 unspecified atom stereocenters. The molecule has 0 radical (unpaired) electrons. The third kappa shape index (κ3) is 2.55. The van der Waals surface area contributed by atoms with Crippen LogP contribution in [0.3, 0.4) is 0 Å². The maximum absolute atomic E-state index is 5.71. The fraction of sp³-hybridized carbons (Fsp3) is 0.583. The van der Waals surface area contributed by atoms with E-state index in [2.05, 4.69) is 31.9 Å². The predicted octanol–water partition coefficient (Wildman–Crippen LogP) is 2.55. The molecule has 1 aliphatic rings. The van der Waals surface area contributed by atoms with Gasteiger partial charge in [0.25, 0.3) is 0 Å². The van der Waals surface area contributed by atoms with Gasteiger partial charge in [0, 0.05) is 31.5 Å². The molecule has 88 valence electrons. The van der Waals surface area contributed by atoms with Crippen LogP contribution >= 0.6 is 15.9 Å². The molecule has 1 aromatic heterocycles. The van der Waals surface area contributed by atoms with E-state index in [1.807, 2.05) is 12.4 Å². The molecule has 16 heavy (non-hydrogen) atoms. The first-order valence-corrected chi connectivity index (χ1v) is 6.68. The van der Waals surface area contributed by atoms with Crippen molar-refractivity contribution in [2.75, 3.05) is 18.0 Å². The molecule has 0 aliphatic heterocycles. The van der Waals surface area contributed by atoms with Crippen molar-refractivity contribution >= 4 is 21.6 Å². The summed E-state index contributed by atoms with van der Waals surface area (Å²) in [4.78, 5) is 6.54. The Morgan fingerprint density at radius 3 is 2.81 bits per heavy atom. The molecular weight excluding hydrogens is 266 g/mol. The highest BCUT2D eigenvalue weighted by molar-refractivity contribution is 9.10. The van der Waals surface area contributed by atoms with Gasteiger partial charge in [-0.15, -0.1) is 0 Å². The Bertz CT molecular complexity index is 337. The van der Waals surface area contributed by atoms with Crippen LogP contribution in [0.25, 0.3) is 0 Å². The van der Waals surface area contributed by atoms with Crippen molar-refractivity contribution in [3.63, 3.8) is 0 Å². The third-order valence-electron chi connectivity index (χ3n) is 3.20. The van der Waals surface area contributed by atoms with Gasteiger partial charge in [-0.1, -0.05) is 12.8 Å². The Balaban J connectivity index is 2.21. The second kappa shape index (κ2) is 5.64. The number of pyridine rings is 1. The van der Waals surface area contributed by atoms with Gasteiger partial charge in [-0.2, -0.15) is 0 Å². The lowest BCUT2D eigenvalue weighted by atomic mass is 10.2. The molecule has 0 spiro atoms. The monoisotopic (exact) mass is 283 g/mol. The molecule has 2 rings (SSSR count). The Hall–Kier alpha value is -0.610. The van der Waals surface area contributed by atoms with E-state index in [4.69, 9.17) is 5.73 Å². The van der Waals surface area contributed by atoms with E-state index in [-0.39, 0.29) is 0 Å². The van der Waals surface area contributed by atoms with Gasteiger partial charge in [-0.25, -0.2) is 0 Å². The summed E-state index contributed by atoms with van der Waals surface area (Å²) in [6, 6.07) is 2.72. The third-order valence-corrected chi connectivity index (χ3v) is 3.81. The molecule has 1 saturated carbocycles. The van der Waals surface area contributed by atoms with Crippen LogP contribution in [0.4, 0.5) is 5.69 Å². The van der Waals surface area contributed by atoms with E-state index in [1.165, 1.54) is 31.4 Å². The molecule has 2 N–H and O–H groups in total. The first kappa shape index (κ1) is 11.9. The highest BCUT2D eigenvalue weighted by atomic mass is 79.9. The number of aromatic nitrogens is 1. The minimum Gasteiger partial charge on any atom is -0.366 e. The van der Waals surface area contributed by atoms with Crippen LogP contribution < -0.4 is 10.6 Å². The van der Waals surface area contributed by atoms with Gasteiger partial charge in [0.15, 0.2) is 0 Å². The average molecular weight is 284 g/mol. The van der Waals surface area contributed by atoms with Crippen molar-refractivity contribution in [2.24, 2.45) is 5.73 Å². The fourth-order valence-corrected chi connectivity index (χ4v) is 2.93. The molecule has 1 aliphatic carbocycles. The molecule has 1 heterocycles. The largest absolute Gasteiger partial charge is 0.366 e. The molecule has 0 atom stereocenters. The van der Waals surface area contributed by atoms with Gasteiger partial charge >= 0.3 is 0 Å². The molecule has 0 bridgehead atoms. The quantitative estimate of drug-likeness (QED) is 0.924. The molecule has 0 amide bonds. The number of nitrogens with zero attached hydrogens (tertiary/aromatic N) is 2. The van der Waals surface area contributed by atoms with Gasteiger partial charge in [0.05, 0.1) is 10.2 Å². The molecule has 0 aromatic carbocycles. The highest BCUT2D eigenvalue weighted by Crippen LogP contribution is 2.31. The van der Waals surface area contributed by atoms with Crippen molar-refractivity contribution in [3.8, 4) is 0 Å². The van der Waals surface area contributed by atoms with Gasteiger partial charge in [-0.3, -0.25) is 4.98 Å². The zero-order chi connectivity index (χ0) is 11.4. The molecule has 1 aromatic rings. The smallest absolute Gasteiger partial charge is 0.0592 e. The van der Waals surface area contributed by atoms with Crippen LogP contribution in [0.5, 0.6) is 0 Å². The summed E-state index contributed by atoms with van der Waals surface area (Å²) in [5.41, 5.74) is 6.94. The zero-order valence-electron chi connectivity index (χ0n) is 9.40. The molecule has 0 saturated heterocycles. The number of nitrogens with two attached hydrogens (primary N) is 1. The Morgan fingerprint density at radius 1 is 1.44 bits per heavy atom. The summed E-state index contributed by atoms with van der Waals surface area (Å²) in [5, 5.41) is 0. The lowest BCUT2D eigenvalue weighted by Gasteiger charge is -2.31. The van der Waals surface area contributed by atoms with E-state index in [1.54, 1.807) is 0 Å². The summed E-state index contributed by atoms with van der Waals surface area (Å²) >= 11 is 3.57. The zero-order valence-corrected chi connectivity index (χ0v) is 11.0. The maximum atomic E-state index is 5.71. The van der Waals surface area contributed by atoms with Crippen LogP contribution in [0.1, 0.15) is 25.7 Å². The molecular formula is C12H18BrN3. The van der Waals surface area contributed by atoms with E-state index < -0.39 is 0 Å². The van der Waals surface area contributed by atoms with Crippen molar-refractivity contribution < 1.29 is 0 Å². The fourth-order valence-electron chi connectivity index (χ4n) is 2.46. The number of rotatable bonds is 4. The maximum Gasteiger partial charge on any atom is 0.0592 e. The second-order valence-electron chi connectivity index (χ2n) is 4.25. The van der Waals surface area contributed by atoms with Crippen molar-refractivity contribution in [2.45, 2.75) is 31.7 Å². The molecule has 4 heteroatoms. The first-order chi connectivity index (χ1) is 7.83. The number of hydrogen-bond acceptors (Lipinski definition) is 3. The lowest BCUT2D eigenvalue weighted by molar-refractivity contribution is 0.607. The molecule has 1 fully saturated rings. The summed E-state index contributed by atoms with van der Waals surface area (Å²) < 4.78 is 1.07. The van der Waals surface area contributed by atoms with Gasteiger partial charge in [0.1, 0.15) is 0 Å². The Labute approximate surface area is 105 Å². The number of hydrogen-bond donors (Lipinski definition) is 1. The van der Waals surface area contributed by atoms with Gasteiger partial charge < -0.3 is 10.6 Å². The van der Waals surface area contributed by atoms with E-state index >= 15 is 0 Å². The van der Waals surface area contributed by atoms with Crippen LogP contribution in [-0.2, 0) is 0 Å². The summed E-state index contributed by atoms with van der Waals surface area (Å²) in [6.45, 7) is 1.62. The van der Waals surface area contributed by atoms with E-state index in [0.717, 1.165) is 11.0 Å². The van der Waals surface area contributed by atoms with Crippen molar-refractivity contribution in [1.29, 1.82) is 0 Å². The van der Waals surface area contributed by atoms with Crippen molar-refractivity contribution in [3.05, 3.63) is 22.9 Å². The van der Waals surface area contributed by atoms with Crippen LogP contribution in [0, 0.1) is 0 Å². The summed E-state index contributed by atoms with van der Waals surface area (Å²) in [6.07, 6.45) is 8.96. The molecule has 3 nitrogen and oxygen atoms in total. The van der Waals surface area contributed by atoms with Crippen LogP contribution in [0.15, 0.2) is 22.9 Å². The minimum atomic E-state index is 0.655. The topological polar surface area (TPSA) is 42.1 Å². The van der Waals surface area contributed by atoms with E-state index in [0.29, 0.717) is 12.6 Å². The highest BCUT2D eigenvalue weighted by Gasteiger charge is 2.23. The normalized spacial score (nSPS) is 16.6. The minimum absolute atomic E-state index is 0.655.